The number of aryl methyl sites for hydroxylation is 1. The molecule has 1 saturated carbocycles. The van der Waals surface area contributed by atoms with Crippen LogP contribution in [0, 0.1) is 6.92 Å². The molecule has 0 N–H and O–H groups in total. The molecule has 5 rings (SSSR count). The summed E-state index contributed by atoms with van der Waals surface area (Å²) in [6, 6.07) is 11.1. The van der Waals surface area contributed by atoms with Crippen molar-refractivity contribution in [1.82, 2.24) is 4.98 Å². The van der Waals surface area contributed by atoms with Crippen molar-refractivity contribution in [2.75, 3.05) is 28.3 Å². The number of benzene rings is 1. The molecule has 1 aromatic heterocycles. The third-order valence-corrected chi connectivity index (χ3v) is 6.68. The van der Waals surface area contributed by atoms with Crippen molar-refractivity contribution >= 4 is 28.9 Å². The van der Waals surface area contributed by atoms with Gasteiger partial charge in [0.1, 0.15) is 11.9 Å². The number of carbonyl (C=O) groups is 1. The summed E-state index contributed by atoms with van der Waals surface area (Å²) in [4.78, 5) is 24.4. The summed E-state index contributed by atoms with van der Waals surface area (Å²) in [5.41, 5.74) is 4.90. The molecule has 0 spiro atoms. The van der Waals surface area contributed by atoms with Crippen LogP contribution in [0.25, 0.3) is 0 Å². The van der Waals surface area contributed by atoms with Gasteiger partial charge in [0.05, 0.1) is 5.69 Å². The summed E-state index contributed by atoms with van der Waals surface area (Å²) < 4.78 is 0. The average molecular weight is 377 g/mol. The van der Waals surface area contributed by atoms with Crippen LogP contribution in [-0.2, 0) is 11.2 Å². The zero-order chi connectivity index (χ0) is 19.4. The number of carbonyl (C=O) groups excluding carboxylic acids is 1. The van der Waals surface area contributed by atoms with Crippen LogP contribution in [0.4, 0.5) is 23.0 Å². The van der Waals surface area contributed by atoms with E-state index < -0.39 is 0 Å². The summed E-state index contributed by atoms with van der Waals surface area (Å²) in [7, 11) is 1.87. The molecular weight excluding hydrogens is 348 g/mol. The molecule has 1 atom stereocenters. The summed E-state index contributed by atoms with van der Waals surface area (Å²) in [6.45, 7) is 5.13. The number of fused-ring (bicyclic) bond motifs is 2. The number of aromatic nitrogens is 1. The fourth-order valence-electron chi connectivity index (χ4n) is 5.17. The molecule has 0 radical (unpaired) electrons. The standard InChI is InChI=1S/C23H28N4O/c1-15-8-9-19-17(14-15)12-13-26(19)21-11-10-20-22(24-21)27(18-6-4-5-7-18)16(2)23(28)25(20)3/h8-11,14,16,18H,4-7,12-13H2,1-3H3/t16-/m1/s1. The van der Waals surface area contributed by atoms with Gasteiger partial charge < -0.3 is 14.7 Å². The van der Waals surface area contributed by atoms with Crippen LogP contribution >= 0.6 is 0 Å². The number of pyridine rings is 1. The Balaban J connectivity index is 1.58. The molecule has 1 amide bonds. The summed E-state index contributed by atoms with van der Waals surface area (Å²) in [5, 5.41) is 0. The Labute approximate surface area is 167 Å². The first kappa shape index (κ1) is 17.5. The number of anilines is 4. The SMILES string of the molecule is Cc1ccc2c(c1)CCN2c1ccc2c(n1)N(C1CCCC1)[C@H](C)C(=O)N2C. The summed E-state index contributed by atoms with van der Waals surface area (Å²) >= 11 is 0. The fraction of sp³-hybridized carbons (Fsp3) is 0.478. The topological polar surface area (TPSA) is 39.7 Å². The molecule has 2 aliphatic heterocycles. The minimum atomic E-state index is -0.156. The third-order valence-electron chi connectivity index (χ3n) is 6.68. The highest BCUT2D eigenvalue weighted by Gasteiger charge is 2.39. The lowest BCUT2D eigenvalue weighted by Crippen LogP contribution is -2.54. The minimum absolute atomic E-state index is 0.156. The highest BCUT2D eigenvalue weighted by atomic mass is 16.2. The highest BCUT2D eigenvalue weighted by Crippen LogP contribution is 2.42. The van der Waals surface area contributed by atoms with Gasteiger partial charge in [-0.25, -0.2) is 4.98 Å². The van der Waals surface area contributed by atoms with E-state index in [0.717, 1.165) is 43.1 Å². The second kappa shape index (κ2) is 6.50. The Hall–Kier alpha value is -2.56. The monoisotopic (exact) mass is 376 g/mol. The number of rotatable bonds is 2. The number of likely N-dealkylation sites (N-methyl/N-ethyl adjacent to an activating group) is 1. The molecule has 0 bridgehead atoms. The van der Waals surface area contributed by atoms with Crippen molar-refractivity contribution in [3.63, 3.8) is 0 Å². The van der Waals surface area contributed by atoms with E-state index >= 15 is 0 Å². The second-order valence-corrected chi connectivity index (χ2v) is 8.46. The first-order chi connectivity index (χ1) is 13.5. The number of nitrogens with zero attached hydrogens (tertiary/aromatic N) is 4. The summed E-state index contributed by atoms with van der Waals surface area (Å²) in [5.74, 6) is 2.12. The van der Waals surface area contributed by atoms with E-state index in [0.29, 0.717) is 6.04 Å². The molecule has 3 aliphatic rings. The van der Waals surface area contributed by atoms with Crippen molar-refractivity contribution in [2.45, 2.75) is 58.0 Å². The van der Waals surface area contributed by atoms with E-state index in [1.807, 2.05) is 14.0 Å². The lowest BCUT2D eigenvalue weighted by Gasteiger charge is -2.43. The Bertz CT molecular complexity index is 934. The molecular formula is C23H28N4O. The molecule has 3 heterocycles. The Kier molecular flexibility index (Phi) is 4.07. The second-order valence-electron chi connectivity index (χ2n) is 8.46. The zero-order valence-corrected chi connectivity index (χ0v) is 17.0. The van der Waals surface area contributed by atoms with Crippen molar-refractivity contribution in [1.29, 1.82) is 0 Å². The lowest BCUT2D eigenvalue weighted by molar-refractivity contribution is -0.119. The summed E-state index contributed by atoms with van der Waals surface area (Å²) in [6.07, 6.45) is 5.84. The maximum Gasteiger partial charge on any atom is 0.249 e. The van der Waals surface area contributed by atoms with Crippen LogP contribution in [0.15, 0.2) is 30.3 Å². The van der Waals surface area contributed by atoms with Crippen LogP contribution in [0.2, 0.25) is 0 Å². The van der Waals surface area contributed by atoms with Gasteiger partial charge in [0.25, 0.3) is 0 Å². The van der Waals surface area contributed by atoms with Crippen LogP contribution in [-0.4, -0.2) is 36.6 Å². The smallest absolute Gasteiger partial charge is 0.249 e. The molecule has 0 saturated heterocycles. The van der Waals surface area contributed by atoms with Crippen LogP contribution in [0.3, 0.4) is 0 Å². The van der Waals surface area contributed by atoms with E-state index in [2.05, 4.69) is 47.1 Å². The predicted molar refractivity (Wildman–Crippen MR) is 114 cm³/mol. The lowest BCUT2D eigenvalue weighted by atomic mass is 10.1. The molecule has 146 valence electrons. The van der Waals surface area contributed by atoms with Crippen molar-refractivity contribution in [2.24, 2.45) is 0 Å². The van der Waals surface area contributed by atoms with Gasteiger partial charge in [-0.15, -0.1) is 0 Å². The van der Waals surface area contributed by atoms with Gasteiger partial charge in [-0.2, -0.15) is 0 Å². The number of amides is 1. The molecule has 5 heteroatoms. The maximum atomic E-state index is 12.8. The van der Waals surface area contributed by atoms with E-state index in [9.17, 15) is 4.79 Å². The van der Waals surface area contributed by atoms with Crippen LogP contribution in [0.5, 0.6) is 0 Å². The molecule has 1 aromatic carbocycles. The van der Waals surface area contributed by atoms with Gasteiger partial charge in [-0.3, -0.25) is 4.79 Å². The Morgan fingerprint density at radius 1 is 1.07 bits per heavy atom. The van der Waals surface area contributed by atoms with Crippen LogP contribution in [0.1, 0.15) is 43.7 Å². The molecule has 1 fully saturated rings. The normalized spacial score (nSPS) is 22.0. The minimum Gasteiger partial charge on any atom is -0.340 e. The highest BCUT2D eigenvalue weighted by molar-refractivity contribution is 6.04. The van der Waals surface area contributed by atoms with Crippen molar-refractivity contribution < 1.29 is 4.79 Å². The predicted octanol–water partition coefficient (Wildman–Crippen LogP) is 4.20. The van der Waals surface area contributed by atoms with Gasteiger partial charge in [-0.1, -0.05) is 30.5 Å². The average Bonchev–Trinajstić information content (AvgIpc) is 3.36. The quantitative estimate of drug-likeness (QED) is 0.788. The largest absolute Gasteiger partial charge is 0.340 e. The number of hydrogen-bond donors (Lipinski definition) is 0. The maximum absolute atomic E-state index is 12.8. The van der Waals surface area contributed by atoms with Crippen molar-refractivity contribution in [3.8, 4) is 0 Å². The van der Waals surface area contributed by atoms with Gasteiger partial charge in [0.15, 0.2) is 5.82 Å². The Morgan fingerprint density at radius 3 is 2.61 bits per heavy atom. The van der Waals surface area contributed by atoms with Gasteiger partial charge in [0, 0.05) is 25.3 Å². The number of hydrogen-bond acceptors (Lipinski definition) is 4. The third kappa shape index (κ3) is 2.60. The molecule has 1 aliphatic carbocycles. The van der Waals surface area contributed by atoms with E-state index in [4.69, 9.17) is 4.98 Å². The molecule has 28 heavy (non-hydrogen) atoms. The molecule has 0 unspecified atom stereocenters. The Morgan fingerprint density at radius 2 is 1.82 bits per heavy atom. The van der Waals surface area contributed by atoms with E-state index in [-0.39, 0.29) is 11.9 Å². The van der Waals surface area contributed by atoms with Gasteiger partial charge in [0.2, 0.25) is 5.91 Å². The molecule has 5 nitrogen and oxygen atoms in total. The zero-order valence-electron chi connectivity index (χ0n) is 17.0. The van der Waals surface area contributed by atoms with Crippen LogP contribution < -0.4 is 14.7 Å². The van der Waals surface area contributed by atoms with Crippen molar-refractivity contribution in [3.05, 3.63) is 41.5 Å². The van der Waals surface area contributed by atoms with Gasteiger partial charge in [-0.05, 0) is 56.9 Å². The first-order valence-electron chi connectivity index (χ1n) is 10.5. The molecule has 2 aromatic rings. The van der Waals surface area contributed by atoms with E-state index in [1.165, 1.54) is 29.7 Å². The van der Waals surface area contributed by atoms with E-state index in [1.54, 1.807) is 4.90 Å². The first-order valence-corrected chi connectivity index (χ1v) is 10.5. The fourth-order valence-corrected chi connectivity index (χ4v) is 5.17. The van der Waals surface area contributed by atoms with Gasteiger partial charge >= 0.3 is 0 Å².